The number of hydrogen-bond acceptors (Lipinski definition) is 2. The molecule has 0 saturated heterocycles. The number of rotatable bonds is 4. The van der Waals surface area contributed by atoms with Gasteiger partial charge in [-0.15, -0.1) is 0 Å². The molecule has 16 heavy (non-hydrogen) atoms. The largest absolute Gasteiger partial charge is 0.390 e. The van der Waals surface area contributed by atoms with E-state index in [9.17, 15) is 10.2 Å². The second-order valence-corrected chi connectivity index (χ2v) is 6.06. The van der Waals surface area contributed by atoms with Gasteiger partial charge in [0.1, 0.15) is 0 Å². The van der Waals surface area contributed by atoms with Crippen molar-refractivity contribution in [2.24, 2.45) is 11.3 Å². The topological polar surface area (TPSA) is 40.5 Å². The van der Waals surface area contributed by atoms with Gasteiger partial charge in [-0.1, -0.05) is 39.3 Å². The summed E-state index contributed by atoms with van der Waals surface area (Å²) in [5.74, 6) is 0.145. The molecule has 3 unspecified atom stereocenters. The molecule has 1 saturated carbocycles. The van der Waals surface area contributed by atoms with E-state index in [0.717, 1.165) is 25.7 Å². The number of hydrogen-bond donors (Lipinski definition) is 2. The van der Waals surface area contributed by atoms with Crippen LogP contribution >= 0.6 is 0 Å². The lowest BCUT2D eigenvalue weighted by atomic mass is 9.77. The van der Waals surface area contributed by atoms with Gasteiger partial charge < -0.3 is 10.2 Å². The number of aliphatic hydroxyl groups excluding tert-OH is 1. The van der Waals surface area contributed by atoms with E-state index in [4.69, 9.17) is 0 Å². The molecule has 0 aliphatic heterocycles. The molecule has 0 aromatic rings. The molecule has 0 aromatic heterocycles. The third-order valence-electron chi connectivity index (χ3n) is 3.90. The average molecular weight is 226 g/mol. The Morgan fingerprint density at radius 2 is 1.94 bits per heavy atom. The lowest BCUT2D eigenvalue weighted by Gasteiger charge is -2.31. The molecule has 2 N–H and O–H groups in total. The Balaban J connectivity index is 2.70. The van der Waals surface area contributed by atoms with Crippen molar-refractivity contribution < 1.29 is 10.2 Å². The lowest BCUT2D eigenvalue weighted by Crippen LogP contribution is -2.33. The highest BCUT2D eigenvalue weighted by Crippen LogP contribution is 2.49. The fourth-order valence-corrected chi connectivity index (χ4v) is 2.83. The van der Waals surface area contributed by atoms with Crippen LogP contribution in [0.2, 0.25) is 0 Å². The van der Waals surface area contributed by atoms with Crippen LogP contribution in [-0.4, -0.2) is 21.9 Å². The summed E-state index contributed by atoms with van der Waals surface area (Å²) in [4.78, 5) is 0. The van der Waals surface area contributed by atoms with Crippen LogP contribution in [0, 0.1) is 11.3 Å². The minimum Gasteiger partial charge on any atom is -0.390 e. The minimum atomic E-state index is -0.619. The first kappa shape index (κ1) is 13.7. The fourth-order valence-electron chi connectivity index (χ4n) is 2.83. The zero-order valence-corrected chi connectivity index (χ0v) is 11.0. The van der Waals surface area contributed by atoms with Crippen LogP contribution in [0.3, 0.4) is 0 Å². The van der Waals surface area contributed by atoms with E-state index in [2.05, 4.69) is 20.8 Å². The van der Waals surface area contributed by atoms with Crippen molar-refractivity contribution in [1.82, 2.24) is 0 Å². The van der Waals surface area contributed by atoms with Gasteiger partial charge in [0.2, 0.25) is 0 Å². The quantitative estimate of drug-likeness (QED) is 0.724. The summed E-state index contributed by atoms with van der Waals surface area (Å²) in [5, 5.41) is 20.0. The summed E-state index contributed by atoms with van der Waals surface area (Å²) in [7, 11) is 0. The number of aliphatic hydroxyl groups is 2. The van der Waals surface area contributed by atoms with Gasteiger partial charge in [-0.3, -0.25) is 0 Å². The second kappa shape index (κ2) is 4.89. The van der Waals surface area contributed by atoms with Gasteiger partial charge in [-0.2, -0.15) is 0 Å². The Morgan fingerprint density at radius 1 is 1.31 bits per heavy atom. The summed E-state index contributed by atoms with van der Waals surface area (Å²) in [6.45, 7) is 8.35. The van der Waals surface area contributed by atoms with Crippen molar-refractivity contribution in [2.75, 3.05) is 0 Å². The third kappa shape index (κ3) is 3.08. The van der Waals surface area contributed by atoms with Crippen LogP contribution in [0.1, 0.15) is 53.4 Å². The molecule has 0 radical (unpaired) electrons. The molecular weight excluding hydrogens is 200 g/mol. The normalized spacial score (nSPS) is 35.8. The van der Waals surface area contributed by atoms with Crippen LogP contribution in [0.15, 0.2) is 12.2 Å². The van der Waals surface area contributed by atoms with Crippen molar-refractivity contribution >= 4 is 0 Å². The fraction of sp³-hybridized carbons (Fsp3) is 0.857. The van der Waals surface area contributed by atoms with Gasteiger partial charge in [-0.05, 0) is 31.6 Å². The Morgan fingerprint density at radius 3 is 2.38 bits per heavy atom. The maximum absolute atomic E-state index is 10.3. The van der Waals surface area contributed by atoms with Crippen molar-refractivity contribution in [3.63, 3.8) is 0 Å². The van der Waals surface area contributed by atoms with Gasteiger partial charge in [0.25, 0.3) is 0 Å². The van der Waals surface area contributed by atoms with Crippen molar-refractivity contribution in [3.8, 4) is 0 Å². The smallest absolute Gasteiger partial charge is 0.0720 e. The predicted octanol–water partition coefficient (Wildman–Crippen LogP) is 2.89. The van der Waals surface area contributed by atoms with Gasteiger partial charge in [0, 0.05) is 5.92 Å². The predicted molar refractivity (Wildman–Crippen MR) is 67.2 cm³/mol. The van der Waals surface area contributed by atoms with Crippen molar-refractivity contribution in [1.29, 1.82) is 0 Å². The average Bonchev–Trinajstić information content (AvgIpc) is 2.35. The standard InChI is InChI=1S/C14H26O2/c1-5-6-11(15)7-8-12-13(2,3)9-10-14(12,4)16/h7-8,11-12,15-16H,5-6,9-10H2,1-4H3/b8-7+. The molecular formula is C14H26O2. The molecule has 2 heteroatoms. The Hall–Kier alpha value is -0.340. The highest BCUT2D eigenvalue weighted by molar-refractivity contribution is 5.09. The maximum atomic E-state index is 10.3. The van der Waals surface area contributed by atoms with Crippen LogP contribution in [0.25, 0.3) is 0 Å². The van der Waals surface area contributed by atoms with Crippen LogP contribution < -0.4 is 0 Å². The molecule has 1 aliphatic carbocycles. The minimum absolute atomic E-state index is 0.131. The van der Waals surface area contributed by atoms with E-state index in [-0.39, 0.29) is 17.4 Å². The van der Waals surface area contributed by atoms with Gasteiger partial charge in [0.05, 0.1) is 11.7 Å². The molecule has 0 aromatic carbocycles. The first-order valence-corrected chi connectivity index (χ1v) is 6.38. The lowest BCUT2D eigenvalue weighted by molar-refractivity contribution is 0.0184. The summed E-state index contributed by atoms with van der Waals surface area (Å²) >= 11 is 0. The zero-order chi connectivity index (χ0) is 12.4. The van der Waals surface area contributed by atoms with E-state index in [1.54, 1.807) is 0 Å². The Kier molecular flexibility index (Phi) is 4.19. The molecule has 0 spiro atoms. The van der Waals surface area contributed by atoms with E-state index in [1.165, 1.54) is 0 Å². The van der Waals surface area contributed by atoms with Gasteiger partial charge in [0.15, 0.2) is 0 Å². The molecule has 0 bridgehead atoms. The highest BCUT2D eigenvalue weighted by atomic mass is 16.3. The van der Waals surface area contributed by atoms with Gasteiger partial charge in [-0.25, -0.2) is 0 Å². The second-order valence-electron chi connectivity index (χ2n) is 6.06. The summed E-state index contributed by atoms with van der Waals surface area (Å²) in [5.41, 5.74) is -0.488. The van der Waals surface area contributed by atoms with Crippen LogP contribution in [0.5, 0.6) is 0 Å². The highest BCUT2D eigenvalue weighted by Gasteiger charge is 2.47. The van der Waals surface area contributed by atoms with E-state index < -0.39 is 5.60 Å². The maximum Gasteiger partial charge on any atom is 0.0720 e. The summed E-state index contributed by atoms with van der Waals surface area (Å²) in [6, 6.07) is 0. The monoisotopic (exact) mass is 226 g/mol. The molecule has 0 amide bonds. The first-order valence-electron chi connectivity index (χ1n) is 6.38. The van der Waals surface area contributed by atoms with Gasteiger partial charge >= 0.3 is 0 Å². The molecule has 2 nitrogen and oxygen atoms in total. The molecule has 94 valence electrons. The summed E-state index contributed by atoms with van der Waals surface area (Å²) < 4.78 is 0. The van der Waals surface area contributed by atoms with E-state index >= 15 is 0 Å². The molecule has 1 fully saturated rings. The zero-order valence-electron chi connectivity index (χ0n) is 11.0. The van der Waals surface area contributed by atoms with Crippen LogP contribution in [-0.2, 0) is 0 Å². The summed E-state index contributed by atoms with van der Waals surface area (Å²) in [6.07, 6.45) is 7.18. The Bertz CT molecular complexity index is 237. The first-order chi connectivity index (χ1) is 7.29. The Labute approximate surface area is 99.4 Å². The van der Waals surface area contributed by atoms with Crippen molar-refractivity contribution in [3.05, 3.63) is 12.2 Å². The SMILES string of the molecule is CCCC(O)/C=C/C1C(C)(C)CCC1(C)O. The molecule has 1 aliphatic rings. The third-order valence-corrected chi connectivity index (χ3v) is 3.90. The molecule has 0 heterocycles. The van der Waals surface area contributed by atoms with Crippen molar-refractivity contribution in [2.45, 2.75) is 65.1 Å². The molecule has 1 rings (SSSR count). The molecule has 3 atom stereocenters. The van der Waals surface area contributed by atoms with E-state index in [1.807, 2.05) is 19.1 Å². The van der Waals surface area contributed by atoms with Crippen LogP contribution in [0.4, 0.5) is 0 Å². The van der Waals surface area contributed by atoms with E-state index in [0.29, 0.717) is 0 Å².